The molecule has 0 amide bonds. The molecule has 3 aromatic rings. The number of rotatable bonds is 6. The summed E-state index contributed by atoms with van der Waals surface area (Å²) in [5.74, 6) is 0.847. The molecule has 0 N–H and O–H groups in total. The molecule has 30 heavy (non-hydrogen) atoms. The summed E-state index contributed by atoms with van der Waals surface area (Å²) in [6.07, 6.45) is 0. The third kappa shape index (κ3) is 6.33. The van der Waals surface area contributed by atoms with E-state index in [0.29, 0.717) is 6.61 Å². The maximum atomic E-state index is 12.9. The first-order valence-electron chi connectivity index (χ1n) is 9.94. The van der Waals surface area contributed by atoms with Gasteiger partial charge >= 0.3 is 18.9 Å². The van der Waals surface area contributed by atoms with Crippen LogP contribution < -0.4 is 10.0 Å². The second-order valence-electron chi connectivity index (χ2n) is 8.49. The molecule has 3 aromatic carbocycles. The molecule has 0 aliphatic heterocycles. The van der Waals surface area contributed by atoms with Crippen LogP contribution in [0.5, 0.6) is 5.75 Å². The quantitative estimate of drug-likeness (QED) is 0.385. The van der Waals surface area contributed by atoms with E-state index in [4.69, 9.17) is 4.74 Å². The van der Waals surface area contributed by atoms with Gasteiger partial charge in [-0.3, -0.25) is 4.79 Å². The summed E-state index contributed by atoms with van der Waals surface area (Å²) in [7, 11) is 0.114. The average Bonchev–Trinajstić information content (AvgIpc) is 2.69. The van der Waals surface area contributed by atoms with E-state index in [-0.39, 0.29) is 38.4 Å². The van der Waals surface area contributed by atoms with Crippen molar-refractivity contribution < 1.29 is 9.53 Å². The Morgan fingerprint density at radius 2 is 1.47 bits per heavy atom. The van der Waals surface area contributed by atoms with Gasteiger partial charge in [-0.25, -0.2) is 0 Å². The van der Waals surface area contributed by atoms with Crippen molar-refractivity contribution in [1.82, 2.24) is 0 Å². The van der Waals surface area contributed by atoms with Gasteiger partial charge in [0.15, 0.2) is 5.52 Å². The van der Waals surface area contributed by atoms with Crippen molar-refractivity contribution in [3.63, 3.8) is 0 Å². The van der Waals surface area contributed by atoms with Gasteiger partial charge in [0, 0.05) is 5.56 Å². The molecule has 0 saturated heterocycles. The molecule has 1 atom stereocenters. The molecule has 0 radical (unpaired) electrons. The average molecular weight is 412 g/mol. The normalized spacial score (nSPS) is 11.4. The Balaban J connectivity index is 0.00000320. The van der Waals surface area contributed by atoms with Crippen molar-refractivity contribution in [2.45, 2.75) is 46.6 Å². The topological polar surface area (TPSA) is 26.3 Å². The SMILES string of the molecule is Cc1cc(OCc2ccccc2)cc(C)c1PC(=O)c1ccc(C(C)(C)C)cc1.[LiH]. The Morgan fingerprint density at radius 1 is 0.900 bits per heavy atom. The molecule has 3 rings (SSSR count). The second-order valence-corrected chi connectivity index (χ2v) is 9.69. The fourth-order valence-corrected chi connectivity index (χ4v) is 4.33. The number of aryl methyl sites for hydroxylation is 2. The van der Waals surface area contributed by atoms with E-state index < -0.39 is 0 Å². The van der Waals surface area contributed by atoms with Crippen molar-refractivity contribution >= 4 is 38.3 Å². The van der Waals surface area contributed by atoms with Crippen LogP contribution in [-0.4, -0.2) is 24.4 Å². The van der Waals surface area contributed by atoms with E-state index in [1.165, 1.54) is 5.56 Å². The number of carbonyl (C=O) groups is 1. The predicted molar refractivity (Wildman–Crippen MR) is 131 cm³/mol. The molecule has 0 heterocycles. The Labute approximate surface area is 194 Å². The van der Waals surface area contributed by atoms with Crippen LogP contribution in [0.15, 0.2) is 66.7 Å². The molecular weight excluding hydrogens is 382 g/mol. The molecule has 4 heteroatoms. The Bertz CT molecular complexity index is 967. The first kappa shape index (κ1) is 24.4. The van der Waals surface area contributed by atoms with Gasteiger partial charge in [0.2, 0.25) is 0 Å². The minimum absolute atomic E-state index is 0. The van der Waals surface area contributed by atoms with E-state index in [1.807, 2.05) is 42.5 Å². The number of benzene rings is 3. The third-order valence-electron chi connectivity index (χ3n) is 5.01. The summed E-state index contributed by atoms with van der Waals surface area (Å²) in [6, 6.07) is 22.3. The maximum absolute atomic E-state index is 12.9. The summed E-state index contributed by atoms with van der Waals surface area (Å²) in [5, 5.41) is 1.11. The molecule has 0 spiro atoms. The predicted octanol–water partition coefficient (Wildman–Crippen LogP) is 5.68. The first-order chi connectivity index (χ1) is 13.7. The molecule has 152 valence electrons. The number of hydrogen-bond acceptors (Lipinski definition) is 2. The fraction of sp³-hybridized carbons (Fsp3) is 0.269. The Morgan fingerprint density at radius 3 is 2.00 bits per heavy atom. The van der Waals surface area contributed by atoms with E-state index in [1.54, 1.807) is 0 Å². The zero-order valence-corrected chi connectivity index (χ0v) is 18.9. The van der Waals surface area contributed by atoms with E-state index in [9.17, 15) is 4.79 Å². The molecular formula is C26H30LiO2P. The van der Waals surface area contributed by atoms with Crippen LogP contribution in [0.1, 0.15) is 53.4 Å². The molecule has 0 bridgehead atoms. The molecule has 2 nitrogen and oxygen atoms in total. The van der Waals surface area contributed by atoms with Gasteiger partial charge in [-0.05, 0) is 67.5 Å². The standard InChI is InChI=1S/C26H29O2P.Li.H/c1-18-15-23(28-17-20-9-7-6-8-10-20)16-19(2)24(18)29-25(27)21-11-13-22(14-12-21)26(3,4)5;;/h6-16,29H,17H2,1-5H3;;. The Hall–Kier alpha value is -1.84. The van der Waals surface area contributed by atoms with Gasteiger partial charge < -0.3 is 4.74 Å². The van der Waals surface area contributed by atoms with Crippen LogP contribution in [-0.2, 0) is 12.0 Å². The van der Waals surface area contributed by atoms with Crippen molar-refractivity contribution in [2.24, 2.45) is 0 Å². The van der Waals surface area contributed by atoms with Crippen LogP contribution in [0.3, 0.4) is 0 Å². The summed E-state index contributed by atoms with van der Waals surface area (Å²) in [6.45, 7) is 11.2. The summed E-state index contributed by atoms with van der Waals surface area (Å²) >= 11 is 0. The molecule has 1 unspecified atom stereocenters. The fourth-order valence-electron chi connectivity index (χ4n) is 3.25. The van der Waals surface area contributed by atoms with E-state index >= 15 is 0 Å². The van der Waals surface area contributed by atoms with Crippen LogP contribution in [0.2, 0.25) is 0 Å². The van der Waals surface area contributed by atoms with Gasteiger partial charge in [-0.1, -0.05) is 75.4 Å². The van der Waals surface area contributed by atoms with Crippen molar-refractivity contribution in [3.05, 3.63) is 94.5 Å². The van der Waals surface area contributed by atoms with Crippen LogP contribution in [0, 0.1) is 13.8 Å². The van der Waals surface area contributed by atoms with Gasteiger partial charge in [0.1, 0.15) is 12.4 Å². The molecule has 0 saturated carbocycles. The number of hydrogen-bond donors (Lipinski definition) is 0. The molecule has 0 aliphatic rings. The van der Waals surface area contributed by atoms with E-state index in [2.05, 4.69) is 58.9 Å². The number of ether oxygens (including phenoxy) is 1. The zero-order valence-electron chi connectivity index (χ0n) is 17.9. The van der Waals surface area contributed by atoms with Crippen LogP contribution in [0.4, 0.5) is 0 Å². The van der Waals surface area contributed by atoms with Gasteiger partial charge in [-0.2, -0.15) is 0 Å². The second kappa shape index (κ2) is 10.5. The van der Waals surface area contributed by atoms with Gasteiger partial charge in [-0.15, -0.1) is 0 Å². The molecule has 0 aromatic heterocycles. The summed E-state index contributed by atoms with van der Waals surface area (Å²) < 4.78 is 5.96. The molecule has 0 fully saturated rings. The zero-order chi connectivity index (χ0) is 21.0. The monoisotopic (exact) mass is 412 g/mol. The molecule has 0 aliphatic carbocycles. The summed E-state index contributed by atoms with van der Waals surface area (Å²) in [4.78, 5) is 12.9. The third-order valence-corrected chi connectivity index (χ3v) is 6.56. The van der Waals surface area contributed by atoms with Crippen molar-refractivity contribution in [3.8, 4) is 5.75 Å². The van der Waals surface area contributed by atoms with Crippen LogP contribution >= 0.6 is 8.58 Å². The summed E-state index contributed by atoms with van der Waals surface area (Å²) in [5.41, 5.74) is 5.63. The first-order valence-corrected chi connectivity index (χ1v) is 10.9. The number of carbonyl (C=O) groups excluding carboxylic acids is 1. The van der Waals surface area contributed by atoms with Gasteiger partial charge in [0.25, 0.3) is 0 Å². The Kier molecular flexibility index (Phi) is 8.51. The van der Waals surface area contributed by atoms with Gasteiger partial charge in [0.05, 0.1) is 0 Å². The van der Waals surface area contributed by atoms with Crippen molar-refractivity contribution in [1.29, 1.82) is 0 Å². The van der Waals surface area contributed by atoms with E-state index in [0.717, 1.165) is 33.3 Å². The van der Waals surface area contributed by atoms with Crippen molar-refractivity contribution in [2.75, 3.05) is 0 Å². The minimum atomic E-state index is 0. The van der Waals surface area contributed by atoms with Crippen LogP contribution in [0.25, 0.3) is 0 Å².